The highest BCUT2D eigenvalue weighted by Gasteiger charge is 2.21. The molecule has 0 aliphatic heterocycles. The van der Waals surface area contributed by atoms with E-state index in [0.717, 1.165) is 30.8 Å². The first-order valence-corrected chi connectivity index (χ1v) is 7.32. The number of ether oxygens (including phenoxy) is 3. The number of hydrogen-bond donors (Lipinski definition) is 1. The van der Waals surface area contributed by atoms with Gasteiger partial charge in [0, 0.05) is 6.04 Å². The standard InChI is InChI=1S/C16H25NO3/c1-18-15-8-7-12(11-16(15)19-2)9-10-20-14-6-4-3-5-13(14)17/h7-8,11,13-14H,3-6,9-10,17H2,1-2H3/t13-,14?/m1/s1. The number of methoxy groups -OCH3 is 2. The molecule has 1 saturated carbocycles. The maximum Gasteiger partial charge on any atom is 0.160 e. The maximum atomic E-state index is 6.08. The number of benzene rings is 1. The first kappa shape index (κ1) is 15.1. The summed E-state index contributed by atoms with van der Waals surface area (Å²) in [6.45, 7) is 0.702. The van der Waals surface area contributed by atoms with E-state index < -0.39 is 0 Å². The Morgan fingerprint density at radius 1 is 1.10 bits per heavy atom. The Morgan fingerprint density at radius 2 is 1.85 bits per heavy atom. The van der Waals surface area contributed by atoms with Gasteiger partial charge in [-0.05, 0) is 37.0 Å². The van der Waals surface area contributed by atoms with Gasteiger partial charge >= 0.3 is 0 Å². The average molecular weight is 279 g/mol. The largest absolute Gasteiger partial charge is 0.493 e. The fraction of sp³-hybridized carbons (Fsp3) is 0.625. The topological polar surface area (TPSA) is 53.7 Å². The lowest BCUT2D eigenvalue weighted by atomic mass is 9.93. The van der Waals surface area contributed by atoms with Crippen LogP contribution in [0.5, 0.6) is 11.5 Å². The molecule has 1 aliphatic rings. The van der Waals surface area contributed by atoms with Gasteiger partial charge in [-0.3, -0.25) is 0 Å². The normalized spacial score (nSPS) is 22.6. The van der Waals surface area contributed by atoms with Crippen LogP contribution in [0.25, 0.3) is 0 Å². The van der Waals surface area contributed by atoms with Crippen LogP contribution in [0.3, 0.4) is 0 Å². The van der Waals surface area contributed by atoms with Crippen molar-refractivity contribution in [2.45, 2.75) is 44.2 Å². The fourth-order valence-electron chi connectivity index (χ4n) is 2.70. The molecule has 20 heavy (non-hydrogen) atoms. The van der Waals surface area contributed by atoms with E-state index in [2.05, 4.69) is 0 Å². The molecule has 0 saturated heterocycles. The highest BCUT2D eigenvalue weighted by molar-refractivity contribution is 5.42. The van der Waals surface area contributed by atoms with Crippen molar-refractivity contribution in [2.75, 3.05) is 20.8 Å². The van der Waals surface area contributed by atoms with E-state index >= 15 is 0 Å². The second kappa shape index (κ2) is 7.50. The maximum absolute atomic E-state index is 6.08. The van der Waals surface area contributed by atoms with Crippen LogP contribution in [0, 0.1) is 0 Å². The van der Waals surface area contributed by atoms with Crippen LogP contribution in [0.15, 0.2) is 18.2 Å². The van der Waals surface area contributed by atoms with Gasteiger partial charge in [-0.15, -0.1) is 0 Å². The Hall–Kier alpha value is -1.26. The molecule has 4 nitrogen and oxygen atoms in total. The van der Waals surface area contributed by atoms with Crippen LogP contribution in [0.2, 0.25) is 0 Å². The van der Waals surface area contributed by atoms with Gasteiger partial charge in [0.15, 0.2) is 11.5 Å². The molecule has 0 bridgehead atoms. The Kier molecular flexibility index (Phi) is 5.68. The first-order chi connectivity index (χ1) is 9.74. The monoisotopic (exact) mass is 279 g/mol. The Balaban J connectivity index is 1.84. The van der Waals surface area contributed by atoms with Gasteiger partial charge in [-0.25, -0.2) is 0 Å². The highest BCUT2D eigenvalue weighted by Crippen LogP contribution is 2.28. The summed E-state index contributed by atoms with van der Waals surface area (Å²) in [5.74, 6) is 1.52. The fourth-order valence-corrected chi connectivity index (χ4v) is 2.70. The Morgan fingerprint density at radius 3 is 2.55 bits per heavy atom. The van der Waals surface area contributed by atoms with Gasteiger partial charge < -0.3 is 19.9 Å². The van der Waals surface area contributed by atoms with E-state index in [-0.39, 0.29) is 12.1 Å². The zero-order valence-electron chi connectivity index (χ0n) is 12.4. The van der Waals surface area contributed by atoms with Crippen LogP contribution in [-0.4, -0.2) is 33.0 Å². The van der Waals surface area contributed by atoms with Crippen molar-refractivity contribution in [3.8, 4) is 11.5 Å². The highest BCUT2D eigenvalue weighted by atomic mass is 16.5. The average Bonchev–Trinajstić information content (AvgIpc) is 2.49. The summed E-state index contributed by atoms with van der Waals surface area (Å²) in [4.78, 5) is 0. The van der Waals surface area contributed by atoms with Crippen LogP contribution >= 0.6 is 0 Å². The third kappa shape index (κ3) is 3.87. The first-order valence-electron chi connectivity index (χ1n) is 7.32. The molecule has 4 heteroatoms. The summed E-state index contributed by atoms with van der Waals surface area (Å²) in [6.07, 6.45) is 5.73. The molecule has 2 N–H and O–H groups in total. The molecule has 0 aromatic heterocycles. The summed E-state index contributed by atoms with van der Waals surface area (Å²) >= 11 is 0. The predicted octanol–water partition coefficient (Wildman–Crippen LogP) is 2.53. The molecule has 0 radical (unpaired) electrons. The molecule has 1 aromatic rings. The summed E-state index contributed by atoms with van der Waals surface area (Å²) in [5.41, 5.74) is 7.27. The van der Waals surface area contributed by atoms with Crippen molar-refractivity contribution in [2.24, 2.45) is 5.73 Å². The molecule has 112 valence electrons. The van der Waals surface area contributed by atoms with Gasteiger partial charge in [0.05, 0.1) is 26.9 Å². The van der Waals surface area contributed by atoms with Crippen molar-refractivity contribution in [1.82, 2.24) is 0 Å². The molecule has 0 spiro atoms. The van der Waals surface area contributed by atoms with E-state index in [1.165, 1.54) is 18.4 Å². The van der Waals surface area contributed by atoms with Gasteiger partial charge in [0.1, 0.15) is 0 Å². The smallest absolute Gasteiger partial charge is 0.160 e. The summed E-state index contributed by atoms with van der Waals surface area (Å²) in [7, 11) is 3.30. The minimum atomic E-state index is 0.203. The summed E-state index contributed by atoms with van der Waals surface area (Å²) in [6, 6.07) is 6.18. The van der Waals surface area contributed by atoms with Crippen molar-refractivity contribution >= 4 is 0 Å². The lowest BCUT2D eigenvalue weighted by Crippen LogP contribution is -2.39. The second-order valence-corrected chi connectivity index (χ2v) is 5.30. The molecular formula is C16H25NO3. The second-order valence-electron chi connectivity index (χ2n) is 5.30. The molecule has 0 heterocycles. The van der Waals surface area contributed by atoms with Crippen molar-refractivity contribution < 1.29 is 14.2 Å². The molecule has 0 amide bonds. The number of nitrogens with two attached hydrogens (primary N) is 1. The SMILES string of the molecule is COc1ccc(CCOC2CCCC[C@H]2N)cc1OC. The molecule has 2 rings (SSSR count). The Bertz CT molecular complexity index is 422. The zero-order valence-corrected chi connectivity index (χ0v) is 12.4. The van der Waals surface area contributed by atoms with E-state index in [4.69, 9.17) is 19.9 Å². The van der Waals surface area contributed by atoms with Crippen molar-refractivity contribution in [1.29, 1.82) is 0 Å². The Labute approximate surface area is 121 Å². The van der Waals surface area contributed by atoms with Gasteiger partial charge in [0.2, 0.25) is 0 Å². The third-order valence-electron chi connectivity index (χ3n) is 3.92. The number of rotatable bonds is 6. The van der Waals surface area contributed by atoms with Gasteiger partial charge in [-0.1, -0.05) is 18.9 Å². The van der Waals surface area contributed by atoms with E-state index in [1.807, 2.05) is 18.2 Å². The minimum Gasteiger partial charge on any atom is -0.493 e. The molecule has 1 aliphatic carbocycles. The van der Waals surface area contributed by atoms with E-state index in [1.54, 1.807) is 14.2 Å². The van der Waals surface area contributed by atoms with Crippen molar-refractivity contribution in [3.63, 3.8) is 0 Å². The van der Waals surface area contributed by atoms with E-state index in [9.17, 15) is 0 Å². The molecule has 1 fully saturated rings. The quantitative estimate of drug-likeness (QED) is 0.869. The van der Waals surface area contributed by atoms with Crippen LogP contribution < -0.4 is 15.2 Å². The lowest BCUT2D eigenvalue weighted by Gasteiger charge is -2.28. The van der Waals surface area contributed by atoms with Crippen LogP contribution in [-0.2, 0) is 11.2 Å². The van der Waals surface area contributed by atoms with Gasteiger partial charge in [-0.2, -0.15) is 0 Å². The van der Waals surface area contributed by atoms with Crippen molar-refractivity contribution in [3.05, 3.63) is 23.8 Å². The number of hydrogen-bond acceptors (Lipinski definition) is 4. The molecule has 2 atom stereocenters. The molecule has 1 unspecified atom stereocenters. The van der Waals surface area contributed by atoms with Crippen LogP contribution in [0.1, 0.15) is 31.2 Å². The summed E-state index contributed by atoms with van der Waals surface area (Å²) in [5, 5.41) is 0. The van der Waals surface area contributed by atoms with Crippen LogP contribution in [0.4, 0.5) is 0 Å². The molecular weight excluding hydrogens is 254 g/mol. The van der Waals surface area contributed by atoms with Gasteiger partial charge in [0.25, 0.3) is 0 Å². The lowest BCUT2D eigenvalue weighted by molar-refractivity contribution is 0.0168. The minimum absolute atomic E-state index is 0.203. The third-order valence-corrected chi connectivity index (χ3v) is 3.92. The predicted molar refractivity (Wildman–Crippen MR) is 79.4 cm³/mol. The zero-order chi connectivity index (χ0) is 14.4. The molecule has 1 aromatic carbocycles. The summed E-state index contributed by atoms with van der Waals surface area (Å²) < 4.78 is 16.5. The van der Waals surface area contributed by atoms with E-state index in [0.29, 0.717) is 6.61 Å².